The lowest BCUT2D eigenvalue weighted by molar-refractivity contribution is 0.317. The molecule has 8 heteroatoms. The third-order valence-electron chi connectivity index (χ3n) is 2.29. The summed E-state index contributed by atoms with van der Waals surface area (Å²) in [6.07, 6.45) is 0.131. The zero-order chi connectivity index (χ0) is 13.6. The van der Waals surface area contributed by atoms with Gasteiger partial charge in [0.15, 0.2) is 0 Å². The number of oxime groups is 1. The summed E-state index contributed by atoms with van der Waals surface area (Å²) in [5.41, 5.74) is 5.85. The summed E-state index contributed by atoms with van der Waals surface area (Å²) in [6, 6.07) is 8.59. The summed E-state index contributed by atoms with van der Waals surface area (Å²) in [6.45, 7) is 0.0864. The van der Waals surface area contributed by atoms with Gasteiger partial charge in [-0.1, -0.05) is 23.4 Å². The number of amidine groups is 1. The normalized spacial score (nSPS) is 12.4. The van der Waals surface area contributed by atoms with Crippen molar-refractivity contribution in [3.05, 3.63) is 30.3 Å². The molecule has 1 rings (SSSR count). The van der Waals surface area contributed by atoms with Crippen LogP contribution in [0.3, 0.4) is 0 Å². The molecule has 0 fully saturated rings. The van der Waals surface area contributed by atoms with Gasteiger partial charge in [-0.2, -0.15) is 8.42 Å². The predicted molar refractivity (Wildman–Crippen MR) is 69.8 cm³/mol. The highest BCUT2D eigenvalue weighted by molar-refractivity contribution is 7.90. The van der Waals surface area contributed by atoms with Crippen LogP contribution in [0.15, 0.2) is 35.5 Å². The Balaban J connectivity index is 2.98. The van der Waals surface area contributed by atoms with E-state index in [9.17, 15) is 8.42 Å². The molecule has 1 aromatic rings. The van der Waals surface area contributed by atoms with Crippen molar-refractivity contribution in [1.29, 1.82) is 0 Å². The van der Waals surface area contributed by atoms with E-state index in [1.807, 2.05) is 0 Å². The number of rotatable bonds is 6. The predicted octanol–water partition coefficient (Wildman–Crippen LogP) is 0.0937. The molecule has 0 spiro atoms. The number of hydrogen-bond donors (Lipinski definition) is 3. The Morgan fingerprint density at radius 3 is 2.56 bits per heavy atom. The maximum Gasteiger partial charge on any atom is 0.301 e. The lowest BCUT2D eigenvalue weighted by Crippen LogP contribution is -2.40. The molecule has 0 saturated heterocycles. The molecule has 0 aliphatic rings. The molecule has 0 atom stereocenters. The van der Waals surface area contributed by atoms with E-state index < -0.39 is 10.2 Å². The van der Waals surface area contributed by atoms with Crippen LogP contribution in [0.4, 0.5) is 5.69 Å². The maximum absolute atomic E-state index is 11.9. The van der Waals surface area contributed by atoms with Crippen molar-refractivity contribution < 1.29 is 13.6 Å². The van der Waals surface area contributed by atoms with Crippen molar-refractivity contribution >= 4 is 21.7 Å². The van der Waals surface area contributed by atoms with Gasteiger partial charge in [0, 0.05) is 20.0 Å². The minimum atomic E-state index is -3.63. The largest absolute Gasteiger partial charge is 0.409 e. The van der Waals surface area contributed by atoms with Crippen molar-refractivity contribution in [3.63, 3.8) is 0 Å². The fourth-order valence-electron chi connectivity index (χ4n) is 1.36. The van der Waals surface area contributed by atoms with E-state index in [0.717, 1.165) is 4.31 Å². The molecule has 1 aromatic carbocycles. The SMILES string of the molecule is CNS(=O)(=O)N(CC/C(N)=N/O)c1ccccc1. The van der Waals surface area contributed by atoms with E-state index in [1.54, 1.807) is 30.3 Å². The number of nitrogens with one attached hydrogen (secondary N) is 1. The molecule has 18 heavy (non-hydrogen) atoms. The van der Waals surface area contributed by atoms with E-state index >= 15 is 0 Å². The average molecular weight is 272 g/mol. The highest BCUT2D eigenvalue weighted by Gasteiger charge is 2.20. The van der Waals surface area contributed by atoms with E-state index in [-0.39, 0.29) is 18.8 Å². The molecule has 0 bridgehead atoms. The second-order valence-corrected chi connectivity index (χ2v) is 5.26. The van der Waals surface area contributed by atoms with E-state index in [1.165, 1.54) is 7.05 Å². The van der Waals surface area contributed by atoms with Gasteiger partial charge in [-0.15, -0.1) is 0 Å². The number of nitrogens with two attached hydrogens (primary N) is 1. The van der Waals surface area contributed by atoms with E-state index in [2.05, 4.69) is 9.88 Å². The number of anilines is 1. The average Bonchev–Trinajstić information content (AvgIpc) is 2.39. The molecule has 0 radical (unpaired) electrons. The zero-order valence-corrected chi connectivity index (χ0v) is 10.8. The lowest BCUT2D eigenvalue weighted by Gasteiger charge is -2.23. The first kappa shape index (κ1) is 14.3. The second-order valence-electron chi connectivity index (χ2n) is 3.46. The maximum atomic E-state index is 11.9. The standard InChI is InChI=1S/C10H16N4O3S/c1-12-18(16,17)14(8-7-10(11)13-15)9-5-3-2-4-6-9/h2-6,12,15H,7-8H2,1H3,(H2,11,13). The number of hydrogen-bond acceptors (Lipinski definition) is 4. The summed E-state index contributed by atoms with van der Waals surface area (Å²) in [5, 5.41) is 11.3. The van der Waals surface area contributed by atoms with E-state index in [4.69, 9.17) is 10.9 Å². The quantitative estimate of drug-likeness (QED) is 0.295. The fraction of sp³-hybridized carbons (Fsp3) is 0.300. The summed E-state index contributed by atoms with van der Waals surface area (Å²) in [4.78, 5) is 0. The van der Waals surface area contributed by atoms with Crippen LogP contribution in [0.5, 0.6) is 0 Å². The third-order valence-corrected chi connectivity index (χ3v) is 3.78. The second kappa shape index (κ2) is 6.22. The van der Waals surface area contributed by atoms with Crippen LogP contribution in [0.25, 0.3) is 0 Å². The third kappa shape index (κ3) is 3.60. The Kier molecular flexibility index (Phi) is 4.93. The van der Waals surface area contributed by atoms with Crippen LogP contribution >= 0.6 is 0 Å². The van der Waals surface area contributed by atoms with Gasteiger partial charge >= 0.3 is 10.2 Å². The molecule has 0 heterocycles. The molecule has 0 aliphatic carbocycles. The first-order valence-electron chi connectivity index (χ1n) is 5.24. The zero-order valence-electron chi connectivity index (χ0n) is 9.94. The first-order valence-corrected chi connectivity index (χ1v) is 6.68. The van der Waals surface area contributed by atoms with Crippen LogP contribution < -0.4 is 14.8 Å². The molecule has 100 valence electrons. The Morgan fingerprint density at radius 1 is 1.44 bits per heavy atom. The minimum Gasteiger partial charge on any atom is -0.409 e. The van der Waals surface area contributed by atoms with Crippen molar-refractivity contribution in [2.75, 3.05) is 17.9 Å². The van der Waals surface area contributed by atoms with Crippen molar-refractivity contribution in [3.8, 4) is 0 Å². The van der Waals surface area contributed by atoms with Gasteiger partial charge in [0.1, 0.15) is 5.84 Å². The molecule has 0 aliphatic heterocycles. The van der Waals surface area contributed by atoms with E-state index in [0.29, 0.717) is 5.69 Å². The molecular weight excluding hydrogens is 256 g/mol. The van der Waals surface area contributed by atoms with Crippen molar-refractivity contribution in [2.45, 2.75) is 6.42 Å². The Labute approximate surface area is 106 Å². The summed E-state index contributed by atoms with van der Waals surface area (Å²) in [5.74, 6) is -0.0257. The summed E-state index contributed by atoms with van der Waals surface area (Å²) in [7, 11) is -2.30. The Bertz CT molecular complexity index is 501. The molecule has 0 unspecified atom stereocenters. The van der Waals surface area contributed by atoms with Gasteiger partial charge in [0.05, 0.1) is 5.69 Å². The van der Waals surface area contributed by atoms with Gasteiger partial charge in [-0.05, 0) is 12.1 Å². The smallest absolute Gasteiger partial charge is 0.301 e. The highest BCUT2D eigenvalue weighted by Crippen LogP contribution is 2.16. The van der Waals surface area contributed by atoms with Crippen LogP contribution in [0.1, 0.15) is 6.42 Å². The molecule has 0 aromatic heterocycles. The number of para-hydroxylation sites is 1. The summed E-state index contributed by atoms with van der Waals surface area (Å²) >= 11 is 0. The molecular formula is C10H16N4O3S. The van der Waals surface area contributed by atoms with Crippen LogP contribution in [-0.4, -0.2) is 33.1 Å². The molecule has 0 amide bonds. The van der Waals surface area contributed by atoms with Crippen LogP contribution in [-0.2, 0) is 10.2 Å². The summed E-state index contributed by atoms with van der Waals surface area (Å²) < 4.78 is 27.1. The number of nitrogens with zero attached hydrogens (tertiary/aromatic N) is 2. The molecule has 7 nitrogen and oxygen atoms in total. The first-order chi connectivity index (χ1) is 8.51. The van der Waals surface area contributed by atoms with Crippen LogP contribution in [0, 0.1) is 0 Å². The Hall–Kier alpha value is -1.80. The highest BCUT2D eigenvalue weighted by atomic mass is 32.2. The van der Waals surface area contributed by atoms with Gasteiger partial charge < -0.3 is 10.9 Å². The monoisotopic (exact) mass is 272 g/mol. The van der Waals surface area contributed by atoms with Crippen molar-refractivity contribution in [2.24, 2.45) is 10.9 Å². The van der Waals surface area contributed by atoms with Gasteiger partial charge in [-0.25, -0.2) is 4.72 Å². The van der Waals surface area contributed by atoms with Gasteiger partial charge in [0.2, 0.25) is 0 Å². The fourth-order valence-corrected chi connectivity index (χ4v) is 2.31. The molecule has 4 N–H and O–H groups in total. The molecule has 0 saturated carbocycles. The van der Waals surface area contributed by atoms with Gasteiger partial charge in [-0.3, -0.25) is 4.31 Å². The Morgan fingerprint density at radius 2 is 2.06 bits per heavy atom. The topological polar surface area (TPSA) is 108 Å². The van der Waals surface area contributed by atoms with Crippen molar-refractivity contribution in [1.82, 2.24) is 4.72 Å². The number of benzene rings is 1. The lowest BCUT2D eigenvalue weighted by atomic mass is 10.3. The minimum absolute atomic E-state index is 0.0257. The van der Waals surface area contributed by atoms with Gasteiger partial charge in [0.25, 0.3) is 0 Å². The van der Waals surface area contributed by atoms with Crippen LogP contribution in [0.2, 0.25) is 0 Å².